The molecule has 0 aromatic heterocycles. The van der Waals surface area contributed by atoms with Crippen LogP contribution in [0.2, 0.25) is 0 Å². The standard InChI is InChI=1S/C27H34N4O7S/c1-37-24-8-4-21(5-9-24)18-39-27(25(33)30-14-12-28-16-23(30)10-15-32)11-13-29(19-27)26(34)38-17-20-2-6-22(7-3-20)31(35)36/h2-9,23,28,32H,10-19H2,1H3. The summed E-state index contributed by atoms with van der Waals surface area (Å²) in [4.78, 5) is 40.9. The molecule has 2 aliphatic heterocycles. The lowest BCUT2D eigenvalue weighted by molar-refractivity contribution is -0.384. The van der Waals surface area contributed by atoms with Gasteiger partial charge in [0.1, 0.15) is 17.1 Å². The Morgan fingerprint density at radius 1 is 1.15 bits per heavy atom. The van der Waals surface area contributed by atoms with Crippen LogP contribution < -0.4 is 10.1 Å². The number of methoxy groups -OCH3 is 1. The Morgan fingerprint density at radius 2 is 1.87 bits per heavy atom. The number of aliphatic hydroxyl groups is 1. The molecule has 2 aromatic rings. The number of benzene rings is 2. The van der Waals surface area contributed by atoms with Gasteiger partial charge >= 0.3 is 6.09 Å². The van der Waals surface area contributed by atoms with Crippen molar-refractivity contribution in [1.29, 1.82) is 0 Å². The van der Waals surface area contributed by atoms with Crippen molar-refractivity contribution in [2.75, 3.05) is 46.4 Å². The minimum atomic E-state index is -0.850. The predicted octanol–water partition coefficient (Wildman–Crippen LogP) is 2.80. The van der Waals surface area contributed by atoms with Crippen LogP contribution in [0.25, 0.3) is 0 Å². The molecule has 2 aliphatic rings. The number of likely N-dealkylation sites (tertiary alicyclic amines) is 1. The van der Waals surface area contributed by atoms with Crippen molar-refractivity contribution >= 4 is 29.4 Å². The number of hydrogen-bond acceptors (Lipinski definition) is 9. The number of rotatable bonds is 10. The fourth-order valence-electron chi connectivity index (χ4n) is 4.88. The number of thioether (sulfide) groups is 1. The monoisotopic (exact) mass is 558 g/mol. The van der Waals surface area contributed by atoms with Crippen LogP contribution in [0.3, 0.4) is 0 Å². The van der Waals surface area contributed by atoms with E-state index in [2.05, 4.69) is 5.32 Å². The van der Waals surface area contributed by atoms with E-state index in [0.717, 1.165) is 11.3 Å². The fourth-order valence-corrected chi connectivity index (χ4v) is 6.24. The highest BCUT2D eigenvalue weighted by Gasteiger charge is 2.50. The van der Waals surface area contributed by atoms with E-state index in [4.69, 9.17) is 9.47 Å². The summed E-state index contributed by atoms with van der Waals surface area (Å²) in [5.74, 6) is 1.31. The smallest absolute Gasteiger partial charge is 0.410 e. The first-order valence-corrected chi connectivity index (χ1v) is 13.9. The van der Waals surface area contributed by atoms with Crippen molar-refractivity contribution in [3.63, 3.8) is 0 Å². The maximum absolute atomic E-state index is 14.1. The Morgan fingerprint density at radius 3 is 2.54 bits per heavy atom. The summed E-state index contributed by atoms with van der Waals surface area (Å²) in [5.41, 5.74) is 1.64. The molecular weight excluding hydrogens is 524 g/mol. The molecule has 0 radical (unpaired) electrons. The Labute approximate surface area is 231 Å². The van der Waals surface area contributed by atoms with E-state index in [1.54, 1.807) is 24.1 Å². The number of nitrogens with zero attached hydrogens (tertiary/aromatic N) is 3. The van der Waals surface area contributed by atoms with Gasteiger partial charge in [-0.2, -0.15) is 0 Å². The number of piperazine rings is 1. The summed E-state index contributed by atoms with van der Waals surface area (Å²) >= 11 is 1.53. The SMILES string of the molecule is COc1ccc(CSC2(C(=O)N3CCNCC3CCO)CCN(C(=O)OCc3ccc([N+](=O)[O-])cc3)C2)cc1. The fraction of sp³-hybridized carbons (Fsp3) is 0.481. The lowest BCUT2D eigenvalue weighted by Crippen LogP contribution is -2.59. The van der Waals surface area contributed by atoms with Gasteiger partial charge in [-0.3, -0.25) is 14.9 Å². The lowest BCUT2D eigenvalue weighted by atomic mass is 10.0. The number of nitrogens with one attached hydrogen (secondary N) is 1. The van der Waals surface area contributed by atoms with E-state index >= 15 is 0 Å². The van der Waals surface area contributed by atoms with E-state index in [1.807, 2.05) is 29.2 Å². The highest BCUT2D eigenvalue weighted by molar-refractivity contribution is 8.00. The van der Waals surface area contributed by atoms with Crippen LogP contribution in [0.1, 0.15) is 24.0 Å². The molecule has 2 fully saturated rings. The molecule has 2 N–H and O–H groups in total. The van der Waals surface area contributed by atoms with Gasteiger partial charge in [-0.25, -0.2) is 4.79 Å². The molecule has 210 valence electrons. The number of hydrogen-bond donors (Lipinski definition) is 2. The third kappa shape index (κ3) is 7.00. The summed E-state index contributed by atoms with van der Waals surface area (Å²) in [6, 6.07) is 13.4. The van der Waals surface area contributed by atoms with Gasteiger partial charge in [0.05, 0.1) is 12.0 Å². The molecule has 2 aromatic carbocycles. The van der Waals surface area contributed by atoms with Crippen LogP contribution >= 0.6 is 11.8 Å². The van der Waals surface area contributed by atoms with Crippen molar-refractivity contribution in [3.8, 4) is 5.75 Å². The third-order valence-electron chi connectivity index (χ3n) is 7.14. The number of nitro groups is 1. The van der Waals surface area contributed by atoms with Gasteiger partial charge < -0.3 is 29.7 Å². The van der Waals surface area contributed by atoms with Gasteiger partial charge in [0.25, 0.3) is 5.69 Å². The normalized spacial score (nSPS) is 21.0. The van der Waals surface area contributed by atoms with Crippen LogP contribution in [0.15, 0.2) is 48.5 Å². The van der Waals surface area contributed by atoms with E-state index in [1.165, 1.54) is 23.9 Å². The molecule has 2 atom stereocenters. The minimum Gasteiger partial charge on any atom is -0.497 e. The second-order valence-electron chi connectivity index (χ2n) is 9.65. The summed E-state index contributed by atoms with van der Waals surface area (Å²) < 4.78 is 9.90. The third-order valence-corrected chi connectivity index (χ3v) is 8.67. The van der Waals surface area contributed by atoms with Crippen molar-refractivity contribution in [2.24, 2.45) is 0 Å². The average Bonchev–Trinajstić information content (AvgIpc) is 3.41. The van der Waals surface area contributed by atoms with E-state index in [0.29, 0.717) is 50.3 Å². The van der Waals surface area contributed by atoms with Gasteiger partial charge in [0.15, 0.2) is 0 Å². The summed E-state index contributed by atoms with van der Waals surface area (Å²) in [5, 5.41) is 23.7. The minimum absolute atomic E-state index is 0.0107. The first-order valence-electron chi connectivity index (χ1n) is 12.9. The Kier molecular flexibility index (Phi) is 9.65. The predicted molar refractivity (Wildman–Crippen MR) is 147 cm³/mol. The highest BCUT2D eigenvalue weighted by atomic mass is 32.2. The zero-order chi connectivity index (χ0) is 27.8. The van der Waals surface area contributed by atoms with Crippen LogP contribution in [-0.4, -0.2) is 89.1 Å². The largest absolute Gasteiger partial charge is 0.497 e. The molecule has 0 bridgehead atoms. The molecule has 2 saturated heterocycles. The second kappa shape index (κ2) is 13.1. The van der Waals surface area contributed by atoms with Crippen molar-refractivity contribution in [1.82, 2.24) is 15.1 Å². The van der Waals surface area contributed by atoms with Crippen LogP contribution in [0.4, 0.5) is 10.5 Å². The molecule has 39 heavy (non-hydrogen) atoms. The van der Waals surface area contributed by atoms with Crippen LogP contribution in [-0.2, 0) is 21.9 Å². The van der Waals surface area contributed by atoms with Gasteiger partial charge in [-0.1, -0.05) is 12.1 Å². The lowest BCUT2D eigenvalue weighted by Gasteiger charge is -2.41. The first kappa shape index (κ1) is 28.7. The Balaban J connectivity index is 1.47. The molecule has 2 amide bonds. The topological polar surface area (TPSA) is 134 Å². The maximum atomic E-state index is 14.1. The van der Waals surface area contributed by atoms with E-state index < -0.39 is 15.8 Å². The number of amides is 2. The highest BCUT2D eigenvalue weighted by Crippen LogP contribution is 2.40. The number of nitro benzene ring substituents is 1. The van der Waals surface area contributed by atoms with Gasteiger partial charge in [-0.05, 0) is 48.2 Å². The molecular formula is C27H34N4O7S. The van der Waals surface area contributed by atoms with Gasteiger partial charge in [0.2, 0.25) is 5.91 Å². The number of carbonyl (C=O) groups excluding carboxylic acids is 2. The van der Waals surface area contributed by atoms with Crippen LogP contribution in [0, 0.1) is 10.1 Å². The van der Waals surface area contributed by atoms with Crippen molar-refractivity contribution in [3.05, 3.63) is 69.8 Å². The molecule has 0 saturated carbocycles. The molecule has 2 heterocycles. The molecule has 0 spiro atoms. The van der Waals surface area contributed by atoms with E-state index in [9.17, 15) is 24.8 Å². The van der Waals surface area contributed by atoms with Crippen molar-refractivity contribution in [2.45, 2.75) is 36.0 Å². The molecule has 12 heteroatoms. The van der Waals surface area contributed by atoms with Crippen molar-refractivity contribution < 1.29 is 29.1 Å². The number of non-ortho nitro benzene ring substituents is 1. The quantitative estimate of drug-likeness (QED) is 0.333. The number of ether oxygens (including phenoxy) is 2. The Bertz CT molecular complexity index is 1150. The Hall–Kier alpha value is -3.35. The molecule has 4 rings (SSSR count). The summed E-state index contributed by atoms with van der Waals surface area (Å²) in [7, 11) is 1.61. The molecule has 11 nitrogen and oxygen atoms in total. The molecule has 2 unspecified atom stereocenters. The number of aliphatic hydroxyl groups excluding tert-OH is 1. The average molecular weight is 559 g/mol. The maximum Gasteiger partial charge on any atom is 0.410 e. The zero-order valence-corrected chi connectivity index (χ0v) is 22.7. The zero-order valence-electron chi connectivity index (χ0n) is 21.9. The van der Waals surface area contributed by atoms with E-state index in [-0.39, 0.29) is 37.4 Å². The van der Waals surface area contributed by atoms with Crippen LogP contribution in [0.5, 0.6) is 5.75 Å². The summed E-state index contributed by atoms with van der Waals surface area (Å²) in [6.07, 6.45) is 0.439. The number of carbonyl (C=O) groups is 2. The second-order valence-corrected chi connectivity index (χ2v) is 11.0. The molecule has 0 aliphatic carbocycles. The summed E-state index contributed by atoms with van der Waals surface area (Å²) in [6.45, 7) is 2.38. The van der Waals surface area contributed by atoms with Gasteiger partial charge in [-0.15, -0.1) is 11.8 Å². The van der Waals surface area contributed by atoms with Gasteiger partial charge in [0, 0.05) is 63.3 Å². The first-order chi connectivity index (χ1) is 18.8.